The van der Waals surface area contributed by atoms with Crippen molar-refractivity contribution in [1.82, 2.24) is 0 Å². The molecule has 0 heterocycles. The Bertz CT molecular complexity index is 817. The first-order valence-electron chi connectivity index (χ1n) is 6.45. The summed E-state index contributed by atoms with van der Waals surface area (Å²) in [6.07, 6.45) is 0. The van der Waals surface area contributed by atoms with Crippen molar-refractivity contribution in [2.45, 2.75) is 6.04 Å². The van der Waals surface area contributed by atoms with Gasteiger partial charge in [0.1, 0.15) is 0 Å². The summed E-state index contributed by atoms with van der Waals surface area (Å²) in [5, 5.41) is 3.01. The lowest BCUT2D eigenvalue weighted by atomic mass is 9.94. The maximum atomic E-state index is 6.47. The molecular formula is C17H12Br2ClN. The van der Waals surface area contributed by atoms with E-state index in [4.69, 9.17) is 17.3 Å². The fraction of sp³-hybridized carbons (Fsp3) is 0.0588. The standard InChI is InChI=1S/C17H12Br2ClN/c18-14-7-6-13(11-3-1-2-4-12(11)14)17(21)10-5-8-16(20)15(19)9-10/h1-9,17H,21H2. The third kappa shape index (κ3) is 2.88. The summed E-state index contributed by atoms with van der Waals surface area (Å²) in [4.78, 5) is 0. The van der Waals surface area contributed by atoms with Crippen LogP contribution in [0.5, 0.6) is 0 Å². The summed E-state index contributed by atoms with van der Waals surface area (Å²) in [7, 11) is 0. The maximum Gasteiger partial charge on any atom is 0.0558 e. The van der Waals surface area contributed by atoms with Gasteiger partial charge in [-0.2, -0.15) is 0 Å². The molecule has 1 nitrogen and oxygen atoms in total. The van der Waals surface area contributed by atoms with Crippen molar-refractivity contribution in [1.29, 1.82) is 0 Å². The molecule has 3 aromatic rings. The highest BCUT2D eigenvalue weighted by atomic mass is 79.9. The lowest BCUT2D eigenvalue weighted by Crippen LogP contribution is -2.12. The van der Waals surface area contributed by atoms with Gasteiger partial charge in [-0.3, -0.25) is 0 Å². The van der Waals surface area contributed by atoms with Crippen molar-refractivity contribution in [3.05, 3.63) is 79.7 Å². The molecule has 3 aromatic carbocycles. The van der Waals surface area contributed by atoms with E-state index in [-0.39, 0.29) is 6.04 Å². The summed E-state index contributed by atoms with van der Waals surface area (Å²) in [6.45, 7) is 0. The molecule has 0 fully saturated rings. The summed E-state index contributed by atoms with van der Waals surface area (Å²) >= 11 is 13.1. The molecule has 0 amide bonds. The molecule has 2 N–H and O–H groups in total. The van der Waals surface area contributed by atoms with Crippen LogP contribution in [0.25, 0.3) is 10.8 Å². The van der Waals surface area contributed by atoms with Crippen LogP contribution < -0.4 is 5.73 Å². The van der Waals surface area contributed by atoms with Crippen LogP contribution >= 0.6 is 43.5 Å². The topological polar surface area (TPSA) is 26.0 Å². The van der Waals surface area contributed by atoms with Crippen molar-refractivity contribution in [3.8, 4) is 0 Å². The van der Waals surface area contributed by atoms with Gasteiger partial charge in [-0.1, -0.05) is 63.9 Å². The lowest BCUT2D eigenvalue weighted by Gasteiger charge is -2.16. The van der Waals surface area contributed by atoms with Crippen LogP contribution in [0.2, 0.25) is 5.02 Å². The summed E-state index contributed by atoms with van der Waals surface area (Å²) in [6, 6.07) is 18.0. The largest absolute Gasteiger partial charge is 0.320 e. The number of halogens is 3. The monoisotopic (exact) mass is 423 g/mol. The van der Waals surface area contributed by atoms with Crippen molar-refractivity contribution in [3.63, 3.8) is 0 Å². The zero-order valence-corrected chi connectivity index (χ0v) is 14.9. The molecule has 0 aliphatic rings. The summed E-state index contributed by atoms with van der Waals surface area (Å²) in [5.41, 5.74) is 8.60. The van der Waals surface area contributed by atoms with Crippen molar-refractivity contribution in [2.75, 3.05) is 0 Å². The zero-order chi connectivity index (χ0) is 15.0. The fourth-order valence-electron chi connectivity index (χ4n) is 2.44. The van der Waals surface area contributed by atoms with E-state index in [0.29, 0.717) is 5.02 Å². The molecule has 0 saturated heterocycles. The Morgan fingerprint density at radius 2 is 1.57 bits per heavy atom. The Labute approximate surface area is 145 Å². The predicted molar refractivity (Wildman–Crippen MR) is 96.8 cm³/mol. The summed E-state index contributed by atoms with van der Waals surface area (Å²) in [5.74, 6) is 0. The molecule has 21 heavy (non-hydrogen) atoms. The number of hydrogen-bond acceptors (Lipinski definition) is 1. The first-order valence-corrected chi connectivity index (χ1v) is 8.42. The molecule has 0 radical (unpaired) electrons. The van der Waals surface area contributed by atoms with Gasteiger partial charge in [0.25, 0.3) is 0 Å². The SMILES string of the molecule is NC(c1ccc(Cl)c(Br)c1)c1ccc(Br)c2ccccc12. The van der Waals surface area contributed by atoms with E-state index < -0.39 is 0 Å². The Balaban J connectivity index is 2.15. The highest BCUT2D eigenvalue weighted by Gasteiger charge is 2.14. The second-order valence-electron chi connectivity index (χ2n) is 4.83. The van der Waals surface area contributed by atoms with E-state index in [2.05, 4.69) is 50.1 Å². The Morgan fingerprint density at radius 1 is 0.857 bits per heavy atom. The molecule has 1 atom stereocenters. The summed E-state index contributed by atoms with van der Waals surface area (Å²) < 4.78 is 1.94. The zero-order valence-electron chi connectivity index (χ0n) is 11.0. The molecule has 106 valence electrons. The van der Waals surface area contributed by atoms with E-state index in [1.807, 2.05) is 36.4 Å². The minimum absolute atomic E-state index is 0.198. The van der Waals surface area contributed by atoms with Crippen LogP contribution in [-0.4, -0.2) is 0 Å². The molecule has 3 rings (SSSR count). The molecule has 1 unspecified atom stereocenters. The van der Waals surface area contributed by atoms with Gasteiger partial charge in [-0.05, 0) is 56.0 Å². The third-order valence-electron chi connectivity index (χ3n) is 3.54. The van der Waals surface area contributed by atoms with Gasteiger partial charge in [0, 0.05) is 8.95 Å². The maximum absolute atomic E-state index is 6.47. The van der Waals surface area contributed by atoms with E-state index in [1.165, 1.54) is 5.39 Å². The lowest BCUT2D eigenvalue weighted by molar-refractivity contribution is 0.879. The number of benzene rings is 3. The van der Waals surface area contributed by atoms with E-state index in [9.17, 15) is 0 Å². The number of rotatable bonds is 2. The smallest absolute Gasteiger partial charge is 0.0558 e. The second kappa shape index (κ2) is 6.09. The Morgan fingerprint density at radius 3 is 2.29 bits per heavy atom. The average Bonchev–Trinajstić information content (AvgIpc) is 2.50. The minimum atomic E-state index is -0.198. The van der Waals surface area contributed by atoms with Gasteiger partial charge in [0.05, 0.1) is 11.1 Å². The van der Waals surface area contributed by atoms with Crippen molar-refractivity contribution < 1.29 is 0 Å². The van der Waals surface area contributed by atoms with E-state index in [0.717, 1.165) is 25.5 Å². The van der Waals surface area contributed by atoms with Crippen LogP contribution in [0.1, 0.15) is 17.2 Å². The molecule has 0 aliphatic heterocycles. The third-order valence-corrected chi connectivity index (χ3v) is 5.45. The first kappa shape index (κ1) is 15.0. The Hall–Kier alpha value is -0.870. The van der Waals surface area contributed by atoms with Gasteiger partial charge >= 0.3 is 0 Å². The molecular weight excluding hydrogens is 413 g/mol. The number of nitrogens with two attached hydrogens (primary N) is 1. The molecule has 0 bridgehead atoms. The van der Waals surface area contributed by atoms with E-state index in [1.54, 1.807) is 0 Å². The fourth-order valence-corrected chi connectivity index (χ4v) is 3.43. The molecule has 0 aromatic heterocycles. The van der Waals surface area contributed by atoms with Crippen molar-refractivity contribution in [2.24, 2.45) is 5.73 Å². The van der Waals surface area contributed by atoms with Gasteiger partial charge in [-0.15, -0.1) is 0 Å². The quantitative estimate of drug-likeness (QED) is 0.530. The van der Waals surface area contributed by atoms with E-state index >= 15 is 0 Å². The molecule has 4 heteroatoms. The van der Waals surface area contributed by atoms with Gasteiger partial charge in [-0.25, -0.2) is 0 Å². The highest BCUT2D eigenvalue weighted by Crippen LogP contribution is 2.33. The normalized spacial score (nSPS) is 12.6. The Kier molecular flexibility index (Phi) is 4.36. The van der Waals surface area contributed by atoms with Crippen molar-refractivity contribution >= 4 is 54.2 Å². The predicted octanol–water partition coefficient (Wildman–Crippen LogP) is 6.07. The molecule has 0 aliphatic carbocycles. The molecule has 0 saturated carbocycles. The van der Waals surface area contributed by atoms with Gasteiger partial charge < -0.3 is 5.73 Å². The minimum Gasteiger partial charge on any atom is -0.320 e. The molecule has 0 spiro atoms. The van der Waals surface area contributed by atoms with Gasteiger partial charge in [0.2, 0.25) is 0 Å². The highest BCUT2D eigenvalue weighted by molar-refractivity contribution is 9.11. The van der Waals surface area contributed by atoms with Crippen LogP contribution in [0, 0.1) is 0 Å². The first-order chi connectivity index (χ1) is 10.1. The van der Waals surface area contributed by atoms with Crippen LogP contribution in [0.15, 0.2) is 63.5 Å². The van der Waals surface area contributed by atoms with Crippen LogP contribution in [0.4, 0.5) is 0 Å². The number of hydrogen-bond donors (Lipinski definition) is 1. The van der Waals surface area contributed by atoms with Crippen LogP contribution in [-0.2, 0) is 0 Å². The van der Waals surface area contributed by atoms with Gasteiger partial charge in [0.15, 0.2) is 0 Å². The second-order valence-corrected chi connectivity index (χ2v) is 6.95. The average molecular weight is 426 g/mol. The number of fused-ring (bicyclic) bond motifs is 1. The van der Waals surface area contributed by atoms with Crippen LogP contribution in [0.3, 0.4) is 0 Å².